The van der Waals surface area contributed by atoms with Gasteiger partial charge in [-0.2, -0.15) is 0 Å². The van der Waals surface area contributed by atoms with Gasteiger partial charge >= 0.3 is 0 Å². The Morgan fingerprint density at radius 2 is 2.00 bits per heavy atom. The minimum absolute atomic E-state index is 0.440. The molecule has 0 spiro atoms. The average molecular weight is 253 g/mol. The molecule has 0 aromatic heterocycles. The number of nitrogens with one attached hydrogen (secondary N) is 1. The summed E-state index contributed by atoms with van der Waals surface area (Å²) in [5, 5.41) is 3.34. The Bertz CT molecular complexity index is 390. The Labute approximate surface area is 107 Å². The van der Waals surface area contributed by atoms with Gasteiger partial charge in [0.1, 0.15) is 0 Å². The highest BCUT2D eigenvalue weighted by molar-refractivity contribution is 7.85. The van der Waals surface area contributed by atoms with Gasteiger partial charge in [0.05, 0.1) is 10.8 Å². The van der Waals surface area contributed by atoms with Crippen LogP contribution in [0.15, 0.2) is 23.1 Å². The predicted molar refractivity (Wildman–Crippen MR) is 74.9 cm³/mol. The Morgan fingerprint density at radius 3 is 2.59 bits per heavy atom. The molecule has 0 heterocycles. The van der Waals surface area contributed by atoms with Gasteiger partial charge in [-0.3, -0.25) is 4.21 Å². The molecule has 0 saturated carbocycles. The van der Waals surface area contributed by atoms with Gasteiger partial charge < -0.3 is 5.32 Å². The fraction of sp³-hybridized carbons (Fsp3) is 0.571. The monoisotopic (exact) mass is 253 g/mol. The van der Waals surface area contributed by atoms with E-state index in [0.29, 0.717) is 6.04 Å². The maximum absolute atomic E-state index is 12.1. The highest BCUT2D eigenvalue weighted by Gasteiger charge is 2.07. The van der Waals surface area contributed by atoms with E-state index in [1.165, 1.54) is 11.1 Å². The standard InChI is InChI=1S/C14H23NOS/c1-5-15-13(4)8-9-17(16)14-7-6-11(2)12(3)10-14/h6-7,10,13,15H,5,8-9H2,1-4H3. The normalized spacial score (nSPS) is 14.6. The molecular weight excluding hydrogens is 230 g/mol. The summed E-state index contributed by atoms with van der Waals surface area (Å²) in [5.41, 5.74) is 2.47. The second-order valence-electron chi connectivity index (χ2n) is 4.54. The third-order valence-corrected chi connectivity index (χ3v) is 4.42. The van der Waals surface area contributed by atoms with Gasteiger partial charge in [-0.25, -0.2) is 0 Å². The molecule has 96 valence electrons. The summed E-state index contributed by atoms with van der Waals surface area (Å²) in [6, 6.07) is 6.52. The minimum atomic E-state index is -0.866. The summed E-state index contributed by atoms with van der Waals surface area (Å²) in [6.45, 7) is 9.35. The number of hydrogen-bond donors (Lipinski definition) is 1. The zero-order valence-electron chi connectivity index (χ0n) is 11.2. The Morgan fingerprint density at radius 1 is 1.29 bits per heavy atom. The number of aryl methyl sites for hydroxylation is 2. The highest BCUT2D eigenvalue weighted by Crippen LogP contribution is 2.14. The van der Waals surface area contributed by atoms with Crippen molar-refractivity contribution in [1.82, 2.24) is 5.32 Å². The van der Waals surface area contributed by atoms with Crippen molar-refractivity contribution < 1.29 is 4.21 Å². The number of hydrogen-bond acceptors (Lipinski definition) is 2. The zero-order valence-corrected chi connectivity index (χ0v) is 12.1. The second kappa shape index (κ2) is 6.92. The van der Waals surface area contributed by atoms with Crippen molar-refractivity contribution >= 4 is 10.8 Å². The van der Waals surface area contributed by atoms with Crippen LogP contribution in [0.25, 0.3) is 0 Å². The van der Waals surface area contributed by atoms with Crippen molar-refractivity contribution in [3.8, 4) is 0 Å². The van der Waals surface area contributed by atoms with Crippen LogP contribution in [-0.2, 0) is 10.8 Å². The highest BCUT2D eigenvalue weighted by atomic mass is 32.2. The van der Waals surface area contributed by atoms with Crippen LogP contribution in [0.2, 0.25) is 0 Å². The average Bonchev–Trinajstić information content (AvgIpc) is 2.30. The van der Waals surface area contributed by atoms with Crippen LogP contribution in [0.3, 0.4) is 0 Å². The van der Waals surface area contributed by atoms with Gasteiger partial charge in [-0.1, -0.05) is 13.0 Å². The van der Waals surface area contributed by atoms with Gasteiger partial charge in [0.15, 0.2) is 0 Å². The summed E-state index contributed by atoms with van der Waals surface area (Å²) in [6.07, 6.45) is 0.952. The molecule has 2 unspecified atom stereocenters. The summed E-state index contributed by atoms with van der Waals surface area (Å²) in [5.74, 6) is 0.733. The van der Waals surface area contributed by atoms with E-state index in [4.69, 9.17) is 0 Å². The lowest BCUT2D eigenvalue weighted by Gasteiger charge is -2.12. The van der Waals surface area contributed by atoms with Crippen LogP contribution < -0.4 is 5.32 Å². The lowest BCUT2D eigenvalue weighted by molar-refractivity contribution is 0.553. The SMILES string of the molecule is CCNC(C)CCS(=O)c1ccc(C)c(C)c1. The first-order chi connectivity index (χ1) is 8.04. The Hall–Kier alpha value is -0.670. The van der Waals surface area contributed by atoms with Crippen LogP contribution in [0.5, 0.6) is 0 Å². The first-order valence-corrected chi connectivity index (χ1v) is 7.55. The van der Waals surface area contributed by atoms with Crippen molar-refractivity contribution in [2.75, 3.05) is 12.3 Å². The lowest BCUT2D eigenvalue weighted by Crippen LogP contribution is -2.27. The van der Waals surface area contributed by atoms with E-state index in [2.05, 4.69) is 39.1 Å². The van der Waals surface area contributed by atoms with E-state index in [0.717, 1.165) is 23.6 Å². The molecule has 0 amide bonds. The fourth-order valence-electron chi connectivity index (χ4n) is 1.71. The van der Waals surface area contributed by atoms with E-state index in [-0.39, 0.29) is 0 Å². The van der Waals surface area contributed by atoms with Crippen LogP contribution in [0.1, 0.15) is 31.4 Å². The molecule has 17 heavy (non-hydrogen) atoms. The Balaban J connectivity index is 2.55. The van der Waals surface area contributed by atoms with Crippen LogP contribution in [0, 0.1) is 13.8 Å². The molecule has 0 radical (unpaired) electrons. The molecule has 1 aromatic rings. The molecule has 1 aromatic carbocycles. The first-order valence-electron chi connectivity index (χ1n) is 6.23. The van der Waals surface area contributed by atoms with E-state index in [1.54, 1.807) is 0 Å². The van der Waals surface area contributed by atoms with Gasteiger partial charge in [-0.05, 0) is 57.0 Å². The quantitative estimate of drug-likeness (QED) is 0.844. The van der Waals surface area contributed by atoms with Crippen LogP contribution in [-0.4, -0.2) is 22.5 Å². The minimum Gasteiger partial charge on any atom is -0.315 e. The second-order valence-corrected chi connectivity index (χ2v) is 6.11. The predicted octanol–water partition coefficient (Wildman–Crippen LogP) is 2.80. The van der Waals surface area contributed by atoms with Crippen molar-refractivity contribution in [3.05, 3.63) is 29.3 Å². The third kappa shape index (κ3) is 4.60. The van der Waals surface area contributed by atoms with E-state index >= 15 is 0 Å². The summed E-state index contributed by atoms with van der Waals surface area (Å²) in [7, 11) is -0.866. The Kier molecular flexibility index (Phi) is 5.86. The molecule has 0 bridgehead atoms. The van der Waals surface area contributed by atoms with Gasteiger partial charge in [-0.15, -0.1) is 0 Å². The number of rotatable bonds is 6. The maximum atomic E-state index is 12.1. The van der Waals surface area contributed by atoms with Crippen molar-refractivity contribution in [3.63, 3.8) is 0 Å². The summed E-state index contributed by atoms with van der Waals surface area (Å²) < 4.78 is 12.1. The van der Waals surface area contributed by atoms with Crippen molar-refractivity contribution in [2.24, 2.45) is 0 Å². The molecule has 0 saturated heterocycles. The van der Waals surface area contributed by atoms with E-state index in [9.17, 15) is 4.21 Å². The van der Waals surface area contributed by atoms with Gasteiger partial charge in [0, 0.05) is 16.7 Å². The summed E-state index contributed by atoms with van der Waals surface area (Å²) in [4.78, 5) is 0.955. The summed E-state index contributed by atoms with van der Waals surface area (Å²) >= 11 is 0. The third-order valence-electron chi connectivity index (χ3n) is 3.03. The van der Waals surface area contributed by atoms with E-state index in [1.807, 2.05) is 12.1 Å². The molecule has 1 N–H and O–H groups in total. The topological polar surface area (TPSA) is 29.1 Å². The molecule has 1 rings (SSSR count). The smallest absolute Gasteiger partial charge is 0.0530 e. The van der Waals surface area contributed by atoms with Crippen molar-refractivity contribution in [2.45, 2.75) is 45.1 Å². The van der Waals surface area contributed by atoms with Gasteiger partial charge in [0.2, 0.25) is 0 Å². The molecule has 0 aliphatic carbocycles. The van der Waals surface area contributed by atoms with Crippen LogP contribution in [0.4, 0.5) is 0 Å². The van der Waals surface area contributed by atoms with Crippen molar-refractivity contribution in [1.29, 1.82) is 0 Å². The largest absolute Gasteiger partial charge is 0.315 e. The lowest BCUT2D eigenvalue weighted by atomic mass is 10.1. The molecule has 3 heteroatoms. The molecule has 2 nitrogen and oxygen atoms in total. The number of benzene rings is 1. The fourth-order valence-corrected chi connectivity index (χ4v) is 3.04. The molecular formula is C14H23NOS. The van der Waals surface area contributed by atoms with E-state index < -0.39 is 10.8 Å². The molecule has 0 fully saturated rings. The molecule has 0 aliphatic heterocycles. The maximum Gasteiger partial charge on any atom is 0.0530 e. The van der Waals surface area contributed by atoms with Crippen LogP contribution >= 0.6 is 0 Å². The molecule has 2 atom stereocenters. The first kappa shape index (κ1) is 14.4. The zero-order chi connectivity index (χ0) is 12.8. The van der Waals surface area contributed by atoms with Gasteiger partial charge in [0.25, 0.3) is 0 Å². The molecule has 0 aliphatic rings.